The van der Waals surface area contributed by atoms with Crippen LogP contribution in [0.2, 0.25) is 5.02 Å². The number of hydrazone groups is 1. The fourth-order valence-electron chi connectivity index (χ4n) is 2.58. The van der Waals surface area contributed by atoms with Gasteiger partial charge in [-0.25, -0.2) is 5.43 Å². The second-order valence-electron chi connectivity index (χ2n) is 5.76. The number of nitrogens with zero attached hydrogens (tertiary/aromatic N) is 1. The van der Waals surface area contributed by atoms with Gasteiger partial charge in [-0.3, -0.25) is 4.79 Å². The maximum atomic E-state index is 12.0. The van der Waals surface area contributed by atoms with Gasteiger partial charge in [-0.2, -0.15) is 5.10 Å². The van der Waals surface area contributed by atoms with Gasteiger partial charge in [0, 0.05) is 5.02 Å². The second-order valence-corrected chi connectivity index (χ2v) is 6.19. The summed E-state index contributed by atoms with van der Waals surface area (Å²) in [7, 11) is 0. The van der Waals surface area contributed by atoms with Crippen molar-refractivity contribution in [1.82, 2.24) is 5.43 Å². The Morgan fingerprint density at radius 3 is 2.62 bits per heavy atom. The molecule has 3 rings (SSSR count). The van der Waals surface area contributed by atoms with E-state index in [1.165, 1.54) is 0 Å². The van der Waals surface area contributed by atoms with Crippen LogP contribution in [0.1, 0.15) is 18.9 Å². The number of rotatable bonds is 6. The van der Waals surface area contributed by atoms with E-state index in [1.54, 1.807) is 6.07 Å². The number of benzene rings is 3. The highest BCUT2D eigenvalue weighted by molar-refractivity contribution is 6.31. The molecule has 3 aromatic carbocycles. The number of ether oxygens (including phenoxy) is 1. The Morgan fingerprint density at radius 2 is 1.85 bits per heavy atom. The maximum Gasteiger partial charge on any atom is 0.277 e. The molecular weight excluding hydrogens is 348 g/mol. The molecule has 0 saturated heterocycles. The van der Waals surface area contributed by atoms with E-state index < -0.39 is 0 Å². The third kappa shape index (κ3) is 4.61. The number of hydrogen-bond acceptors (Lipinski definition) is 3. The molecule has 0 aliphatic carbocycles. The molecule has 1 amide bonds. The van der Waals surface area contributed by atoms with Gasteiger partial charge in [-0.1, -0.05) is 61.0 Å². The van der Waals surface area contributed by atoms with Crippen molar-refractivity contribution in [3.63, 3.8) is 0 Å². The van der Waals surface area contributed by atoms with E-state index in [2.05, 4.69) is 10.5 Å². The van der Waals surface area contributed by atoms with Gasteiger partial charge < -0.3 is 4.74 Å². The van der Waals surface area contributed by atoms with E-state index >= 15 is 0 Å². The van der Waals surface area contributed by atoms with Crippen LogP contribution in [0.25, 0.3) is 10.8 Å². The van der Waals surface area contributed by atoms with Gasteiger partial charge in [0.05, 0.1) is 5.71 Å². The van der Waals surface area contributed by atoms with Crippen LogP contribution in [0.4, 0.5) is 0 Å². The Balaban J connectivity index is 1.60. The summed E-state index contributed by atoms with van der Waals surface area (Å²) < 4.78 is 5.56. The molecule has 4 nitrogen and oxygen atoms in total. The topological polar surface area (TPSA) is 50.7 Å². The third-order valence-corrected chi connectivity index (χ3v) is 4.13. The zero-order valence-corrected chi connectivity index (χ0v) is 15.2. The van der Waals surface area contributed by atoms with Crippen molar-refractivity contribution in [2.45, 2.75) is 13.3 Å². The molecule has 5 heteroatoms. The number of carbonyl (C=O) groups excluding carboxylic acids is 1. The summed E-state index contributed by atoms with van der Waals surface area (Å²) in [5.74, 6) is 0.333. The SMILES string of the molecule is CC/C(=N\NC(=O)COc1ccc2ccccc2c1)c1cccc(Cl)c1. The van der Waals surface area contributed by atoms with Gasteiger partial charge in [0.15, 0.2) is 6.61 Å². The molecule has 132 valence electrons. The minimum absolute atomic E-state index is 0.103. The quantitative estimate of drug-likeness (QED) is 0.503. The van der Waals surface area contributed by atoms with Crippen molar-refractivity contribution >= 4 is 34.0 Å². The summed E-state index contributed by atoms with van der Waals surface area (Å²) in [6, 6.07) is 21.1. The molecule has 0 fully saturated rings. The Morgan fingerprint density at radius 1 is 1.04 bits per heavy atom. The molecule has 0 unspecified atom stereocenters. The fraction of sp³-hybridized carbons (Fsp3) is 0.143. The van der Waals surface area contributed by atoms with E-state index in [0.29, 0.717) is 17.2 Å². The van der Waals surface area contributed by atoms with Gasteiger partial charge in [-0.05, 0) is 47.0 Å². The second kappa shape index (κ2) is 8.50. The van der Waals surface area contributed by atoms with Crippen molar-refractivity contribution in [3.05, 3.63) is 77.3 Å². The van der Waals surface area contributed by atoms with Crippen molar-refractivity contribution in [1.29, 1.82) is 0 Å². The first-order chi connectivity index (χ1) is 12.7. The van der Waals surface area contributed by atoms with Gasteiger partial charge in [0.2, 0.25) is 0 Å². The van der Waals surface area contributed by atoms with E-state index in [1.807, 2.05) is 67.6 Å². The van der Waals surface area contributed by atoms with Crippen LogP contribution in [0, 0.1) is 0 Å². The van der Waals surface area contributed by atoms with Crippen LogP contribution in [-0.4, -0.2) is 18.2 Å². The van der Waals surface area contributed by atoms with Crippen LogP contribution >= 0.6 is 11.6 Å². The predicted molar refractivity (Wildman–Crippen MR) is 106 cm³/mol. The van der Waals surface area contributed by atoms with Gasteiger partial charge in [-0.15, -0.1) is 0 Å². The number of fused-ring (bicyclic) bond motifs is 1. The van der Waals surface area contributed by atoms with E-state index in [-0.39, 0.29) is 12.5 Å². The highest BCUT2D eigenvalue weighted by atomic mass is 35.5. The van der Waals surface area contributed by atoms with E-state index in [9.17, 15) is 4.79 Å². The standard InChI is InChI=1S/C21H19ClN2O2/c1-2-20(17-8-5-9-18(22)12-17)23-24-21(25)14-26-19-11-10-15-6-3-4-7-16(15)13-19/h3-13H,2,14H2,1H3,(H,24,25)/b23-20+. The number of nitrogens with one attached hydrogen (secondary N) is 1. The number of carbonyl (C=O) groups is 1. The lowest BCUT2D eigenvalue weighted by molar-refractivity contribution is -0.123. The molecule has 0 atom stereocenters. The summed E-state index contributed by atoms with van der Waals surface area (Å²) in [5, 5.41) is 7.02. The lowest BCUT2D eigenvalue weighted by Gasteiger charge is -2.08. The average Bonchev–Trinajstić information content (AvgIpc) is 2.67. The molecular formula is C21H19ClN2O2. The number of halogens is 1. The lowest BCUT2D eigenvalue weighted by atomic mass is 10.1. The maximum absolute atomic E-state index is 12.0. The van der Waals surface area contributed by atoms with Crippen molar-refractivity contribution in [3.8, 4) is 5.75 Å². The van der Waals surface area contributed by atoms with Gasteiger partial charge in [0.1, 0.15) is 5.75 Å². The first-order valence-electron chi connectivity index (χ1n) is 8.38. The lowest BCUT2D eigenvalue weighted by Crippen LogP contribution is -2.26. The van der Waals surface area contributed by atoms with Crippen molar-refractivity contribution < 1.29 is 9.53 Å². The molecule has 0 saturated carbocycles. The zero-order chi connectivity index (χ0) is 18.4. The molecule has 0 bridgehead atoms. The minimum atomic E-state index is -0.314. The van der Waals surface area contributed by atoms with E-state index in [4.69, 9.17) is 16.3 Å². The molecule has 3 aromatic rings. The van der Waals surface area contributed by atoms with E-state index in [0.717, 1.165) is 22.0 Å². The normalized spacial score (nSPS) is 11.4. The third-order valence-electron chi connectivity index (χ3n) is 3.90. The molecule has 0 aliphatic heterocycles. The Kier molecular flexibility index (Phi) is 5.87. The summed E-state index contributed by atoms with van der Waals surface area (Å²) in [6.45, 7) is 1.87. The molecule has 0 aromatic heterocycles. The first kappa shape index (κ1) is 18.0. The summed E-state index contributed by atoms with van der Waals surface area (Å²) >= 11 is 6.01. The van der Waals surface area contributed by atoms with Gasteiger partial charge >= 0.3 is 0 Å². The monoisotopic (exact) mass is 366 g/mol. The predicted octanol–water partition coefficient (Wildman–Crippen LogP) is 4.80. The number of hydrogen-bond donors (Lipinski definition) is 1. The van der Waals surface area contributed by atoms with Crippen LogP contribution < -0.4 is 10.2 Å². The average molecular weight is 367 g/mol. The molecule has 0 heterocycles. The van der Waals surface area contributed by atoms with Gasteiger partial charge in [0.25, 0.3) is 5.91 Å². The van der Waals surface area contributed by atoms with Crippen molar-refractivity contribution in [2.24, 2.45) is 5.10 Å². The Labute approximate surface area is 157 Å². The molecule has 26 heavy (non-hydrogen) atoms. The summed E-state index contributed by atoms with van der Waals surface area (Å²) in [6.07, 6.45) is 0.673. The van der Waals surface area contributed by atoms with Crippen LogP contribution in [-0.2, 0) is 4.79 Å². The minimum Gasteiger partial charge on any atom is -0.484 e. The molecule has 0 radical (unpaired) electrons. The zero-order valence-electron chi connectivity index (χ0n) is 14.4. The summed E-state index contributed by atoms with van der Waals surface area (Å²) in [5.41, 5.74) is 4.18. The van der Waals surface area contributed by atoms with Crippen molar-refractivity contribution in [2.75, 3.05) is 6.61 Å². The van der Waals surface area contributed by atoms with Crippen LogP contribution in [0.5, 0.6) is 5.75 Å². The molecule has 0 aliphatic rings. The Bertz CT molecular complexity index is 953. The highest BCUT2D eigenvalue weighted by Crippen LogP contribution is 2.20. The first-order valence-corrected chi connectivity index (χ1v) is 8.76. The highest BCUT2D eigenvalue weighted by Gasteiger charge is 2.06. The smallest absolute Gasteiger partial charge is 0.277 e. The number of amides is 1. The van der Waals surface area contributed by atoms with Crippen LogP contribution in [0.15, 0.2) is 71.8 Å². The Hall–Kier alpha value is -2.85. The molecule has 0 spiro atoms. The summed E-state index contributed by atoms with van der Waals surface area (Å²) in [4.78, 5) is 12.0. The largest absolute Gasteiger partial charge is 0.484 e. The van der Waals surface area contributed by atoms with Crippen LogP contribution in [0.3, 0.4) is 0 Å². The fourth-order valence-corrected chi connectivity index (χ4v) is 2.77. The molecule has 1 N–H and O–H groups in total.